The maximum absolute atomic E-state index is 12.3. The minimum Gasteiger partial charge on any atom is -0.452 e. The van der Waals surface area contributed by atoms with Gasteiger partial charge in [0.2, 0.25) is 0 Å². The number of amides is 1. The minimum atomic E-state index is -0.910. The Kier molecular flexibility index (Phi) is 6.30. The predicted octanol–water partition coefficient (Wildman–Crippen LogP) is 2.24. The van der Waals surface area contributed by atoms with Gasteiger partial charge < -0.3 is 24.2 Å². The van der Waals surface area contributed by atoms with Gasteiger partial charge in [0, 0.05) is 30.0 Å². The second kappa shape index (κ2) is 8.88. The lowest BCUT2D eigenvalue weighted by Gasteiger charge is -2.28. The molecule has 1 aliphatic heterocycles. The van der Waals surface area contributed by atoms with Crippen molar-refractivity contribution in [3.63, 3.8) is 0 Å². The minimum absolute atomic E-state index is 0.0209. The number of esters is 1. The lowest BCUT2D eigenvalue weighted by Crippen LogP contribution is -2.36. The highest BCUT2D eigenvalue weighted by atomic mass is 16.5. The molecule has 0 radical (unpaired) electrons. The van der Waals surface area contributed by atoms with Gasteiger partial charge in [-0.05, 0) is 45.0 Å². The molecule has 28 heavy (non-hydrogen) atoms. The molecule has 0 saturated carbocycles. The van der Waals surface area contributed by atoms with Crippen LogP contribution in [0.15, 0.2) is 28.8 Å². The van der Waals surface area contributed by atoms with Crippen LogP contribution in [0.25, 0.3) is 0 Å². The Bertz CT molecular complexity index is 805. The molecule has 1 saturated heterocycles. The Balaban J connectivity index is 1.51. The number of anilines is 2. The van der Waals surface area contributed by atoms with E-state index in [4.69, 9.17) is 14.0 Å². The van der Waals surface area contributed by atoms with Crippen molar-refractivity contribution in [3.05, 3.63) is 41.3 Å². The van der Waals surface area contributed by atoms with Crippen molar-refractivity contribution in [2.45, 2.75) is 33.3 Å². The smallest absolute Gasteiger partial charge is 0.311 e. The van der Waals surface area contributed by atoms with Crippen molar-refractivity contribution in [2.75, 3.05) is 36.5 Å². The van der Waals surface area contributed by atoms with E-state index in [9.17, 15) is 9.59 Å². The maximum atomic E-state index is 12.3. The monoisotopic (exact) mass is 387 g/mol. The van der Waals surface area contributed by atoms with Crippen molar-refractivity contribution in [1.29, 1.82) is 0 Å². The number of carbonyl (C=O) groups is 2. The molecule has 0 spiro atoms. The number of nitrogens with zero attached hydrogens (tertiary/aromatic N) is 2. The largest absolute Gasteiger partial charge is 0.452 e. The van der Waals surface area contributed by atoms with Crippen LogP contribution in [0.1, 0.15) is 23.9 Å². The lowest BCUT2D eigenvalue weighted by atomic mass is 10.1. The van der Waals surface area contributed by atoms with Crippen LogP contribution in [0.3, 0.4) is 0 Å². The molecule has 1 aromatic heterocycles. The van der Waals surface area contributed by atoms with E-state index in [1.54, 1.807) is 20.8 Å². The average Bonchev–Trinajstić information content (AvgIpc) is 3.01. The van der Waals surface area contributed by atoms with Crippen molar-refractivity contribution in [2.24, 2.45) is 0 Å². The van der Waals surface area contributed by atoms with E-state index in [1.807, 2.05) is 24.3 Å². The number of aryl methyl sites for hydroxylation is 2. The van der Waals surface area contributed by atoms with Crippen LogP contribution in [0, 0.1) is 13.8 Å². The van der Waals surface area contributed by atoms with Gasteiger partial charge in [-0.25, -0.2) is 0 Å². The van der Waals surface area contributed by atoms with Crippen LogP contribution < -0.4 is 10.2 Å². The summed E-state index contributed by atoms with van der Waals surface area (Å²) < 4.78 is 15.6. The molecule has 3 rings (SSSR count). The van der Waals surface area contributed by atoms with Gasteiger partial charge in [0.25, 0.3) is 5.91 Å². The molecule has 0 bridgehead atoms. The van der Waals surface area contributed by atoms with E-state index in [0.717, 1.165) is 32.0 Å². The maximum Gasteiger partial charge on any atom is 0.311 e. The molecule has 1 atom stereocenters. The highest BCUT2D eigenvalue weighted by Crippen LogP contribution is 2.19. The van der Waals surface area contributed by atoms with Crippen LogP contribution in [0.4, 0.5) is 11.4 Å². The summed E-state index contributed by atoms with van der Waals surface area (Å²) in [6, 6.07) is 7.58. The third-order valence-electron chi connectivity index (χ3n) is 4.69. The standard InChI is InChI=1S/C20H25N3O5/c1-13-18(14(2)28-22-13)12-19(24)27-15(3)20(25)21-16-4-6-17(7-5-16)23-8-10-26-11-9-23/h4-7,15H,8-12H2,1-3H3,(H,21,25). The van der Waals surface area contributed by atoms with Crippen LogP contribution in [-0.2, 0) is 25.5 Å². The summed E-state index contributed by atoms with van der Waals surface area (Å²) in [6.45, 7) is 8.18. The fraction of sp³-hybridized carbons (Fsp3) is 0.450. The second-order valence-electron chi connectivity index (χ2n) is 6.75. The highest BCUT2D eigenvalue weighted by Gasteiger charge is 2.21. The number of hydrogen-bond acceptors (Lipinski definition) is 7. The van der Waals surface area contributed by atoms with Crippen molar-refractivity contribution in [3.8, 4) is 0 Å². The zero-order chi connectivity index (χ0) is 20.1. The first-order valence-electron chi connectivity index (χ1n) is 9.29. The van der Waals surface area contributed by atoms with Gasteiger partial charge in [0.15, 0.2) is 6.10 Å². The number of hydrogen-bond donors (Lipinski definition) is 1. The Labute approximate surface area is 163 Å². The lowest BCUT2D eigenvalue weighted by molar-refractivity contribution is -0.152. The number of morpholine rings is 1. The Morgan fingerprint density at radius 1 is 1.21 bits per heavy atom. The normalized spacial score (nSPS) is 15.2. The summed E-state index contributed by atoms with van der Waals surface area (Å²) in [7, 11) is 0. The fourth-order valence-corrected chi connectivity index (χ4v) is 3.01. The molecular weight excluding hydrogens is 362 g/mol. The first kappa shape index (κ1) is 19.9. The second-order valence-corrected chi connectivity index (χ2v) is 6.75. The van der Waals surface area contributed by atoms with Gasteiger partial charge in [-0.15, -0.1) is 0 Å². The van der Waals surface area contributed by atoms with Crippen molar-refractivity contribution >= 4 is 23.3 Å². The Morgan fingerprint density at radius 3 is 2.50 bits per heavy atom. The SMILES string of the molecule is Cc1noc(C)c1CC(=O)OC(C)C(=O)Nc1ccc(N2CCOCC2)cc1. The number of nitrogens with one attached hydrogen (secondary N) is 1. The molecule has 1 unspecified atom stereocenters. The summed E-state index contributed by atoms with van der Waals surface area (Å²) >= 11 is 0. The Hall–Kier alpha value is -2.87. The first-order valence-corrected chi connectivity index (χ1v) is 9.29. The number of benzene rings is 1. The molecule has 150 valence electrons. The summed E-state index contributed by atoms with van der Waals surface area (Å²) in [5.41, 5.74) is 3.07. The molecule has 8 heteroatoms. The molecule has 1 aromatic carbocycles. The van der Waals surface area contributed by atoms with Gasteiger partial charge in [0.1, 0.15) is 5.76 Å². The van der Waals surface area contributed by atoms with Crippen molar-refractivity contribution in [1.82, 2.24) is 5.16 Å². The quantitative estimate of drug-likeness (QED) is 0.760. The van der Waals surface area contributed by atoms with E-state index >= 15 is 0 Å². The van der Waals surface area contributed by atoms with Gasteiger partial charge in [-0.1, -0.05) is 5.16 Å². The van der Waals surface area contributed by atoms with Crippen LogP contribution in [0.5, 0.6) is 0 Å². The van der Waals surface area contributed by atoms with Gasteiger partial charge in [0.05, 0.1) is 25.3 Å². The van der Waals surface area contributed by atoms with E-state index < -0.39 is 12.1 Å². The zero-order valence-electron chi connectivity index (χ0n) is 16.4. The fourth-order valence-electron chi connectivity index (χ4n) is 3.01. The molecule has 2 aromatic rings. The third kappa shape index (κ3) is 4.89. The van der Waals surface area contributed by atoms with E-state index in [0.29, 0.717) is 22.7 Å². The summed E-state index contributed by atoms with van der Waals surface area (Å²) in [5, 5.41) is 6.58. The molecule has 1 N–H and O–H groups in total. The third-order valence-corrected chi connectivity index (χ3v) is 4.69. The average molecular weight is 387 g/mol. The van der Waals surface area contributed by atoms with Crippen molar-refractivity contribution < 1.29 is 23.6 Å². The molecule has 1 amide bonds. The molecule has 8 nitrogen and oxygen atoms in total. The van der Waals surface area contributed by atoms with E-state index in [2.05, 4.69) is 15.4 Å². The van der Waals surface area contributed by atoms with E-state index in [1.165, 1.54) is 0 Å². The number of aromatic nitrogens is 1. The molecule has 1 fully saturated rings. The van der Waals surface area contributed by atoms with Gasteiger partial charge >= 0.3 is 5.97 Å². The summed E-state index contributed by atoms with van der Waals surface area (Å²) in [6.07, 6.45) is -0.889. The highest BCUT2D eigenvalue weighted by molar-refractivity contribution is 5.95. The summed E-state index contributed by atoms with van der Waals surface area (Å²) in [5.74, 6) is -0.308. The topological polar surface area (TPSA) is 93.9 Å². The number of ether oxygens (including phenoxy) is 2. The number of rotatable bonds is 6. The molecular formula is C20H25N3O5. The number of carbonyl (C=O) groups excluding carboxylic acids is 2. The van der Waals surface area contributed by atoms with Crippen LogP contribution in [-0.4, -0.2) is 49.4 Å². The van der Waals surface area contributed by atoms with Gasteiger partial charge in [-0.3, -0.25) is 9.59 Å². The van der Waals surface area contributed by atoms with E-state index in [-0.39, 0.29) is 12.3 Å². The molecule has 1 aliphatic rings. The zero-order valence-corrected chi connectivity index (χ0v) is 16.4. The predicted molar refractivity (Wildman–Crippen MR) is 103 cm³/mol. The van der Waals surface area contributed by atoms with Gasteiger partial charge in [-0.2, -0.15) is 0 Å². The molecule has 0 aliphatic carbocycles. The molecule has 2 heterocycles. The van der Waals surface area contributed by atoms with Crippen LogP contribution >= 0.6 is 0 Å². The first-order chi connectivity index (χ1) is 13.4. The summed E-state index contributed by atoms with van der Waals surface area (Å²) in [4.78, 5) is 26.7. The van der Waals surface area contributed by atoms with Crippen LogP contribution in [0.2, 0.25) is 0 Å². The Morgan fingerprint density at radius 2 is 1.89 bits per heavy atom.